The molecule has 10 heteroatoms. The van der Waals surface area contributed by atoms with Gasteiger partial charge in [0, 0.05) is 29.1 Å². The number of ether oxygens (including phenoxy) is 1. The molecule has 0 fully saturated rings. The van der Waals surface area contributed by atoms with Crippen LogP contribution >= 0.6 is 11.6 Å². The molecule has 0 aliphatic carbocycles. The van der Waals surface area contributed by atoms with E-state index in [1.165, 1.54) is 13.3 Å². The Balaban J connectivity index is 1.54. The number of benzene rings is 2. The number of carbonyl (C=O) groups is 1. The molecule has 35 heavy (non-hydrogen) atoms. The van der Waals surface area contributed by atoms with E-state index in [0.717, 1.165) is 5.56 Å². The van der Waals surface area contributed by atoms with Gasteiger partial charge in [-0.05, 0) is 56.3 Å². The summed E-state index contributed by atoms with van der Waals surface area (Å²) in [6.45, 7) is 4.07. The van der Waals surface area contributed by atoms with Crippen molar-refractivity contribution in [1.29, 1.82) is 5.26 Å². The van der Waals surface area contributed by atoms with Crippen molar-refractivity contribution in [2.45, 2.75) is 19.9 Å². The van der Waals surface area contributed by atoms with E-state index in [4.69, 9.17) is 21.6 Å². The van der Waals surface area contributed by atoms with Crippen LogP contribution in [0, 0.1) is 11.3 Å². The third kappa shape index (κ3) is 5.39. The van der Waals surface area contributed by atoms with Gasteiger partial charge in [-0.3, -0.25) is 9.48 Å². The van der Waals surface area contributed by atoms with Crippen LogP contribution in [0.4, 0.5) is 17.3 Å². The molecule has 0 aliphatic heterocycles. The van der Waals surface area contributed by atoms with E-state index >= 15 is 0 Å². The lowest BCUT2D eigenvalue weighted by molar-refractivity contribution is 0.102. The van der Waals surface area contributed by atoms with Crippen LogP contribution in [0.25, 0.3) is 11.3 Å². The number of nitriles is 1. The van der Waals surface area contributed by atoms with Crippen LogP contribution in [-0.4, -0.2) is 32.8 Å². The molecule has 0 saturated heterocycles. The molecular weight excluding hydrogens is 466 g/mol. The molecule has 2 N–H and O–H groups in total. The number of methoxy groups -OCH3 is 1. The number of carbonyl (C=O) groups excluding carboxylic acids is 1. The summed E-state index contributed by atoms with van der Waals surface area (Å²) in [5.74, 6) is 0.437. The highest BCUT2D eigenvalue weighted by atomic mass is 35.5. The summed E-state index contributed by atoms with van der Waals surface area (Å²) < 4.78 is 7.31. The van der Waals surface area contributed by atoms with Crippen molar-refractivity contribution < 1.29 is 9.53 Å². The van der Waals surface area contributed by atoms with Gasteiger partial charge in [-0.2, -0.15) is 10.4 Å². The predicted molar refractivity (Wildman–Crippen MR) is 134 cm³/mol. The van der Waals surface area contributed by atoms with Crippen molar-refractivity contribution >= 4 is 34.8 Å². The molecule has 1 amide bonds. The van der Waals surface area contributed by atoms with Crippen LogP contribution in [0.5, 0.6) is 5.75 Å². The Hall–Kier alpha value is -4.42. The predicted octanol–water partition coefficient (Wildman–Crippen LogP) is 5.45. The van der Waals surface area contributed by atoms with Gasteiger partial charge in [0.15, 0.2) is 0 Å². The van der Waals surface area contributed by atoms with Gasteiger partial charge >= 0.3 is 0 Å². The number of anilines is 3. The monoisotopic (exact) mass is 487 g/mol. The summed E-state index contributed by atoms with van der Waals surface area (Å²) in [5, 5.41) is 19.6. The maximum absolute atomic E-state index is 12.7. The van der Waals surface area contributed by atoms with Crippen molar-refractivity contribution in [1.82, 2.24) is 19.7 Å². The molecular formula is C25H22ClN7O2. The van der Waals surface area contributed by atoms with Crippen LogP contribution in [0.15, 0.2) is 61.1 Å². The van der Waals surface area contributed by atoms with Crippen LogP contribution < -0.4 is 15.4 Å². The number of hydrogen-bond acceptors (Lipinski definition) is 7. The maximum Gasteiger partial charge on any atom is 0.255 e. The summed E-state index contributed by atoms with van der Waals surface area (Å²) in [6, 6.07) is 13.8. The highest BCUT2D eigenvalue weighted by molar-refractivity contribution is 6.32. The number of rotatable bonds is 7. The van der Waals surface area contributed by atoms with Gasteiger partial charge in [0.05, 0.1) is 47.5 Å². The number of aromatic nitrogens is 4. The lowest BCUT2D eigenvalue weighted by Gasteiger charge is -2.13. The molecule has 0 atom stereocenters. The molecule has 2 aromatic carbocycles. The first-order valence-corrected chi connectivity index (χ1v) is 11.1. The van der Waals surface area contributed by atoms with E-state index in [0.29, 0.717) is 44.9 Å². The number of hydrogen-bond donors (Lipinski definition) is 2. The molecule has 0 aliphatic rings. The third-order valence-corrected chi connectivity index (χ3v) is 5.41. The van der Waals surface area contributed by atoms with Crippen molar-refractivity contribution in [2.75, 3.05) is 17.7 Å². The molecule has 0 unspecified atom stereocenters. The Kier molecular flexibility index (Phi) is 6.94. The summed E-state index contributed by atoms with van der Waals surface area (Å²) in [4.78, 5) is 21.5. The lowest BCUT2D eigenvalue weighted by Crippen LogP contribution is -2.12. The summed E-state index contributed by atoms with van der Waals surface area (Å²) >= 11 is 6.35. The minimum Gasteiger partial charge on any atom is -0.495 e. The van der Waals surface area contributed by atoms with Crippen LogP contribution in [-0.2, 0) is 0 Å². The SMILES string of the molecule is COc1cc(C(=O)Nc2ccc(C#N)cc2)ccc1Nc1ncc(Cl)c(-c2cnn(C(C)C)c2)n1. The topological polar surface area (TPSA) is 118 Å². The fourth-order valence-corrected chi connectivity index (χ4v) is 3.46. The minimum atomic E-state index is -0.313. The zero-order chi connectivity index (χ0) is 24.9. The highest BCUT2D eigenvalue weighted by Crippen LogP contribution is 2.31. The summed E-state index contributed by atoms with van der Waals surface area (Å²) in [7, 11) is 1.51. The molecule has 4 rings (SSSR count). The molecule has 0 saturated carbocycles. The average Bonchev–Trinajstić information content (AvgIpc) is 3.36. The second-order valence-electron chi connectivity index (χ2n) is 7.88. The molecule has 176 valence electrons. The van der Waals surface area contributed by atoms with E-state index in [1.54, 1.807) is 48.7 Å². The standard InChI is InChI=1S/C25H22ClN7O2/c1-15(2)33-14-18(12-29-33)23-20(26)13-28-25(32-23)31-21-9-6-17(10-22(21)35-3)24(34)30-19-7-4-16(11-27)5-8-19/h4-10,12-15H,1-3H3,(H,30,34)(H,28,31,32). The number of nitrogens with zero attached hydrogens (tertiary/aromatic N) is 5. The fraction of sp³-hybridized carbons (Fsp3) is 0.160. The van der Waals surface area contributed by atoms with Gasteiger partial charge in [-0.25, -0.2) is 9.97 Å². The Morgan fingerprint density at radius 3 is 2.60 bits per heavy atom. The first-order chi connectivity index (χ1) is 16.9. The van der Waals surface area contributed by atoms with Crippen molar-refractivity contribution in [2.24, 2.45) is 0 Å². The normalized spacial score (nSPS) is 10.6. The summed E-state index contributed by atoms with van der Waals surface area (Å²) in [6.07, 6.45) is 5.11. The van der Waals surface area contributed by atoms with Gasteiger partial charge in [-0.15, -0.1) is 0 Å². The second-order valence-corrected chi connectivity index (χ2v) is 8.28. The van der Waals surface area contributed by atoms with Gasteiger partial charge in [0.25, 0.3) is 5.91 Å². The zero-order valence-corrected chi connectivity index (χ0v) is 20.0. The van der Waals surface area contributed by atoms with Crippen molar-refractivity contribution in [3.63, 3.8) is 0 Å². The smallest absolute Gasteiger partial charge is 0.255 e. The number of amides is 1. The molecule has 9 nitrogen and oxygen atoms in total. The Morgan fingerprint density at radius 1 is 1.17 bits per heavy atom. The van der Waals surface area contributed by atoms with Crippen LogP contribution in [0.1, 0.15) is 35.8 Å². The van der Waals surface area contributed by atoms with Gasteiger partial charge < -0.3 is 15.4 Å². The Labute approximate surface area is 207 Å². The van der Waals surface area contributed by atoms with Crippen LogP contribution in [0.2, 0.25) is 5.02 Å². The van der Waals surface area contributed by atoms with Gasteiger partial charge in [-0.1, -0.05) is 11.6 Å². The van der Waals surface area contributed by atoms with Crippen molar-refractivity contribution in [3.8, 4) is 23.1 Å². The van der Waals surface area contributed by atoms with E-state index in [1.807, 2.05) is 30.8 Å². The first-order valence-electron chi connectivity index (χ1n) is 10.7. The van der Waals surface area contributed by atoms with E-state index in [-0.39, 0.29) is 11.9 Å². The minimum absolute atomic E-state index is 0.207. The van der Waals surface area contributed by atoms with Gasteiger partial charge in [0.2, 0.25) is 5.95 Å². The molecule has 4 aromatic rings. The molecule has 0 radical (unpaired) electrons. The summed E-state index contributed by atoms with van der Waals surface area (Å²) in [5.41, 5.74) is 3.40. The quantitative estimate of drug-likeness (QED) is 0.355. The van der Waals surface area contributed by atoms with E-state index in [9.17, 15) is 4.79 Å². The highest BCUT2D eigenvalue weighted by Gasteiger charge is 2.15. The number of nitrogens with one attached hydrogen (secondary N) is 2. The molecule has 0 bridgehead atoms. The van der Waals surface area contributed by atoms with Gasteiger partial charge in [0.1, 0.15) is 5.75 Å². The average molecular weight is 488 g/mol. The first kappa shape index (κ1) is 23.7. The Bertz CT molecular complexity index is 1410. The number of halogens is 1. The third-order valence-electron chi connectivity index (χ3n) is 5.13. The van der Waals surface area contributed by atoms with E-state index in [2.05, 4.69) is 25.7 Å². The lowest BCUT2D eigenvalue weighted by atomic mass is 10.1. The second kappa shape index (κ2) is 10.2. The fourth-order valence-electron chi connectivity index (χ4n) is 3.26. The zero-order valence-electron chi connectivity index (χ0n) is 19.3. The maximum atomic E-state index is 12.7. The Morgan fingerprint density at radius 2 is 1.94 bits per heavy atom. The van der Waals surface area contributed by atoms with E-state index < -0.39 is 0 Å². The van der Waals surface area contributed by atoms with Crippen LogP contribution in [0.3, 0.4) is 0 Å². The molecule has 2 heterocycles. The largest absolute Gasteiger partial charge is 0.495 e. The molecule has 2 aromatic heterocycles. The molecule has 0 spiro atoms. The van der Waals surface area contributed by atoms with Crippen molar-refractivity contribution in [3.05, 3.63) is 77.2 Å².